The predicted octanol–water partition coefficient (Wildman–Crippen LogP) is 1.41. The molecule has 0 aromatic heterocycles. The van der Waals surface area contributed by atoms with E-state index >= 15 is 0 Å². The van der Waals surface area contributed by atoms with Crippen LogP contribution in [0.3, 0.4) is 0 Å². The van der Waals surface area contributed by atoms with Crippen molar-refractivity contribution >= 4 is 18.0 Å². The Kier molecular flexibility index (Phi) is 8.96. The van der Waals surface area contributed by atoms with Gasteiger partial charge in [-0.3, -0.25) is 9.59 Å². The van der Waals surface area contributed by atoms with Gasteiger partial charge in [0.15, 0.2) is 0 Å². The Morgan fingerprint density at radius 1 is 1.17 bits per heavy atom. The number of rotatable bonds is 9. The smallest absolute Gasteiger partial charge is 0.407 e. The molecule has 0 radical (unpaired) electrons. The molecule has 0 saturated heterocycles. The maximum absolute atomic E-state index is 12.2. The molecule has 1 aromatic rings. The number of benzene rings is 1. The van der Waals surface area contributed by atoms with E-state index in [9.17, 15) is 14.4 Å². The summed E-state index contributed by atoms with van der Waals surface area (Å²) in [5.74, 6) is -1.04. The van der Waals surface area contributed by atoms with Gasteiger partial charge >= 0.3 is 12.1 Å². The highest BCUT2D eigenvalue weighted by Crippen LogP contribution is 2.04. The van der Waals surface area contributed by atoms with Gasteiger partial charge in [-0.15, -0.1) is 0 Å². The summed E-state index contributed by atoms with van der Waals surface area (Å²) in [4.78, 5) is 35.2. The SMILES string of the molecule is CCCCOC(=O)N[C@@H](Cc1ccccc1)C(=O)NCC(=O)OC. The molecular weight excluding hydrogens is 312 g/mol. The lowest BCUT2D eigenvalue weighted by Crippen LogP contribution is -2.49. The number of nitrogens with one attached hydrogen (secondary N) is 2. The molecule has 2 amide bonds. The van der Waals surface area contributed by atoms with Gasteiger partial charge in [0, 0.05) is 6.42 Å². The highest BCUT2D eigenvalue weighted by molar-refractivity contribution is 5.88. The molecule has 132 valence electrons. The molecule has 0 aliphatic carbocycles. The van der Waals surface area contributed by atoms with Crippen LogP contribution in [-0.2, 0) is 25.5 Å². The number of ether oxygens (including phenoxy) is 2. The molecule has 0 spiro atoms. The van der Waals surface area contributed by atoms with Gasteiger partial charge in [-0.2, -0.15) is 0 Å². The Hall–Kier alpha value is -2.57. The van der Waals surface area contributed by atoms with Crippen molar-refractivity contribution in [1.82, 2.24) is 10.6 Å². The van der Waals surface area contributed by atoms with Gasteiger partial charge in [0.1, 0.15) is 12.6 Å². The van der Waals surface area contributed by atoms with Gasteiger partial charge in [-0.25, -0.2) is 4.79 Å². The van der Waals surface area contributed by atoms with E-state index < -0.39 is 24.0 Å². The van der Waals surface area contributed by atoms with Gasteiger partial charge in [0.25, 0.3) is 0 Å². The minimum Gasteiger partial charge on any atom is -0.468 e. The second-order valence-electron chi connectivity index (χ2n) is 5.17. The summed E-state index contributed by atoms with van der Waals surface area (Å²) >= 11 is 0. The minimum atomic E-state index is -0.841. The number of carbonyl (C=O) groups excluding carboxylic acids is 3. The fourth-order valence-electron chi connectivity index (χ4n) is 1.91. The Morgan fingerprint density at radius 3 is 2.50 bits per heavy atom. The summed E-state index contributed by atoms with van der Waals surface area (Å²) in [5.41, 5.74) is 0.879. The summed E-state index contributed by atoms with van der Waals surface area (Å²) in [5, 5.41) is 4.98. The predicted molar refractivity (Wildman–Crippen MR) is 88.4 cm³/mol. The largest absolute Gasteiger partial charge is 0.468 e. The molecule has 2 N–H and O–H groups in total. The second-order valence-corrected chi connectivity index (χ2v) is 5.17. The first kappa shape index (κ1) is 19.5. The molecule has 0 aliphatic rings. The van der Waals surface area contributed by atoms with Crippen LogP contribution in [0.25, 0.3) is 0 Å². The van der Waals surface area contributed by atoms with Crippen LogP contribution in [0, 0.1) is 0 Å². The van der Waals surface area contributed by atoms with Crippen LogP contribution in [0.1, 0.15) is 25.3 Å². The molecule has 0 aliphatic heterocycles. The number of esters is 1. The standard InChI is InChI=1S/C17H24N2O5/c1-3-4-10-24-17(22)19-14(11-13-8-6-5-7-9-13)16(21)18-12-15(20)23-2/h5-9,14H,3-4,10-12H2,1-2H3,(H,18,21)(H,19,22)/t14-/m0/s1. The van der Waals surface area contributed by atoms with E-state index in [1.807, 2.05) is 37.3 Å². The quantitative estimate of drug-likeness (QED) is 0.525. The van der Waals surface area contributed by atoms with Crippen molar-refractivity contribution in [2.24, 2.45) is 0 Å². The Morgan fingerprint density at radius 2 is 1.88 bits per heavy atom. The van der Waals surface area contributed by atoms with E-state index in [0.717, 1.165) is 18.4 Å². The summed E-state index contributed by atoms with van der Waals surface area (Å²) in [6, 6.07) is 8.42. The molecule has 0 saturated carbocycles. The molecule has 7 nitrogen and oxygen atoms in total. The van der Waals surface area contributed by atoms with Crippen LogP contribution in [0.2, 0.25) is 0 Å². The minimum absolute atomic E-state index is 0.257. The highest BCUT2D eigenvalue weighted by Gasteiger charge is 2.22. The molecule has 1 atom stereocenters. The molecule has 0 bridgehead atoms. The van der Waals surface area contributed by atoms with Crippen molar-refractivity contribution in [2.75, 3.05) is 20.3 Å². The number of methoxy groups -OCH3 is 1. The average Bonchev–Trinajstić information content (AvgIpc) is 2.59. The first-order valence-corrected chi connectivity index (χ1v) is 7.88. The molecule has 7 heteroatoms. The number of alkyl carbamates (subject to hydrolysis) is 1. The molecule has 0 unspecified atom stereocenters. The van der Waals surface area contributed by atoms with E-state index in [-0.39, 0.29) is 13.0 Å². The van der Waals surface area contributed by atoms with E-state index in [0.29, 0.717) is 6.61 Å². The van der Waals surface area contributed by atoms with Crippen molar-refractivity contribution in [2.45, 2.75) is 32.2 Å². The third kappa shape index (κ3) is 7.62. The highest BCUT2D eigenvalue weighted by atomic mass is 16.5. The molecule has 0 heterocycles. The number of hydrogen-bond acceptors (Lipinski definition) is 5. The second kappa shape index (κ2) is 11.0. The average molecular weight is 336 g/mol. The van der Waals surface area contributed by atoms with Crippen molar-refractivity contribution in [3.63, 3.8) is 0 Å². The third-order valence-electron chi connectivity index (χ3n) is 3.26. The lowest BCUT2D eigenvalue weighted by molar-refractivity contribution is -0.141. The zero-order valence-corrected chi connectivity index (χ0v) is 14.0. The van der Waals surface area contributed by atoms with Gasteiger partial charge in [-0.1, -0.05) is 43.7 Å². The van der Waals surface area contributed by atoms with Crippen molar-refractivity contribution < 1.29 is 23.9 Å². The topological polar surface area (TPSA) is 93.7 Å². The van der Waals surface area contributed by atoms with Gasteiger partial charge in [0.2, 0.25) is 5.91 Å². The normalized spacial score (nSPS) is 11.2. The van der Waals surface area contributed by atoms with E-state index in [1.165, 1.54) is 7.11 Å². The zero-order chi connectivity index (χ0) is 17.8. The number of unbranched alkanes of at least 4 members (excludes halogenated alkanes) is 1. The zero-order valence-electron chi connectivity index (χ0n) is 14.0. The van der Waals surface area contributed by atoms with Gasteiger partial charge in [0.05, 0.1) is 13.7 Å². The Bertz CT molecular complexity index is 533. The van der Waals surface area contributed by atoms with Crippen LogP contribution < -0.4 is 10.6 Å². The Balaban J connectivity index is 2.65. The molecular formula is C17H24N2O5. The molecule has 0 fully saturated rings. The van der Waals surface area contributed by atoms with E-state index in [2.05, 4.69) is 15.4 Å². The Labute approximate surface area is 141 Å². The summed E-state index contributed by atoms with van der Waals surface area (Å²) in [7, 11) is 1.24. The lowest BCUT2D eigenvalue weighted by atomic mass is 10.1. The molecule has 1 rings (SSSR count). The maximum atomic E-state index is 12.2. The number of amides is 2. The van der Waals surface area contributed by atoms with Crippen molar-refractivity contribution in [1.29, 1.82) is 0 Å². The van der Waals surface area contributed by atoms with Crippen LogP contribution in [0.4, 0.5) is 4.79 Å². The van der Waals surface area contributed by atoms with Crippen LogP contribution in [0.15, 0.2) is 30.3 Å². The maximum Gasteiger partial charge on any atom is 0.407 e. The van der Waals surface area contributed by atoms with Crippen molar-refractivity contribution in [3.05, 3.63) is 35.9 Å². The third-order valence-corrected chi connectivity index (χ3v) is 3.26. The van der Waals surface area contributed by atoms with Crippen molar-refractivity contribution in [3.8, 4) is 0 Å². The fraction of sp³-hybridized carbons (Fsp3) is 0.471. The summed E-state index contributed by atoms with van der Waals surface area (Å²) in [6.45, 7) is 2.02. The number of carbonyl (C=O) groups is 3. The van der Waals surface area contributed by atoms with E-state index in [1.54, 1.807) is 0 Å². The molecule has 1 aromatic carbocycles. The molecule has 24 heavy (non-hydrogen) atoms. The first-order valence-electron chi connectivity index (χ1n) is 7.88. The first-order chi connectivity index (χ1) is 11.6. The lowest BCUT2D eigenvalue weighted by Gasteiger charge is -2.18. The summed E-state index contributed by atoms with van der Waals surface area (Å²) < 4.78 is 9.51. The van der Waals surface area contributed by atoms with Crippen LogP contribution in [-0.4, -0.2) is 44.3 Å². The fourth-order valence-corrected chi connectivity index (χ4v) is 1.91. The van der Waals surface area contributed by atoms with Crippen LogP contribution in [0.5, 0.6) is 0 Å². The number of hydrogen-bond donors (Lipinski definition) is 2. The van der Waals surface area contributed by atoms with Gasteiger partial charge in [-0.05, 0) is 12.0 Å². The summed E-state index contributed by atoms with van der Waals surface area (Å²) in [6.07, 6.45) is 1.29. The monoisotopic (exact) mass is 336 g/mol. The van der Waals surface area contributed by atoms with Gasteiger partial charge < -0.3 is 20.1 Å². The van der Waals surface area contributed by atoms with E-state index in [4.69, 9.17) is 4.74 Å². The van der Waals surface area contributed by atoms with Crippen LogP contribution >= 0.6 is 0 Å².